The molecule has 2 heteroatoms. The standard InChI is InChI=1S/C12H10O.K.H/c1-3-7-11(8-4-1)13-12-9-5-2-6-10-12;;/h1-10H;;. The summed E-state index contributed by atoms with van der Waals surface area (Å²) in [5.41, 5.74) is 0. The third-order valence-corrected chi connectivity index (χ3v) is 1.72. The Morgan fingerprint density at radius 1 is 0.571 bits per heavy atom. The van der Waals surface area contributed by atoms with Crippen LogP contribution in [0.4, 0.5) is 0 Å². The van der Waals surface area contributed by atoms with Gasteiger partial charge in [0.15, 0.2) is 0 Å². The maximum absolute atomic E-state index is 5.58. The van der Waals surface area contributed by atoms with Crippen molar-refractivity contribution in [3.8, 4) is 11.5 Å². The molecule has 2 aromatic carbocycles. The zero-order valence-corrected chi connectivity index (χ0v) is 7.18. The summed E-state index contributed by atoms with van der Waals surface area (Å²) in [7, 11) is 0. The van der Waals surface area contributed by atoms with E-state index >= 15 is 0 Å². The van der Waals surface area contributed by atoms with Gasteiger partial charge in [-0.25, -0.2) is 0 Å². The fraction of sp³-hybridized carbons (Fsp3) is 0. The van der Waals surface area contributed by atoms with Gasteiger partial charge in [-0.3, -0.25) is 0 Å². The van der Waals surface area contributed by atoms with Gasteiger partial charge in [-0.1, -0.05) is 36.4 Å². The molecule has 2 aromatic rings. The summed E-state index contributed by atoms with van der Waals surface area (Å²) in [6, 6.07) is 19.5. The minimum atomic E-state index is 0. The van der Waals surface area contributed by atoms with Crippen molar-refractivity contribution in [1.82, 2.24) is 0 Å². The van der Waals surface area contributed by atoms with E-state index in [1.165, 1.54) is 0 Å². The predicted octanol–water partition coefficient (Wildman–Crippen LogP) is 2.83. The molecule has 14 heavy (non-hydrogen) atoms. The average molecular weight is 210 g/mol. The molecule has 0 heterocycles. The van der Waals surface area contributed by atoms with E-state index in [2.05, 4.69) is 0 Å². The molecule has 0 spiro atoms. The van der Waals surface area contributed by atoms with Gasteiger partial charge in [0.1, 0.15) is 11.5 Å². The van der Waals surface area contributed by atoms with E-state index in [9.17, 15) is 0 Å². The molecule has 0 fully saturated rings. The Morgan fingerprint density at radius 3 is 1.29 bits per heavy atom. The van der Waals surface area contributed by atoms with Crippen molar-refractivity contribution in [2.45, 2.75) is 0 Å². The van der Waals surface area contributed by atoms with Gasteiger partial charge in [-0.05, 0) is 24.3 Å². The Morgan fingerprint density at radius 2 is 0.929 bits per heavy atom. The maximum atomic E-state index is 5.58. The number of rotatable bonds is 2. The minimum absolute atomic E-state index is 0. The van der Waals surface area contributed by atoms with Gasteiger partial charge in [-0.15, -0.1) is 0 Å². The molecule has 66 valence electrons. The first-order valence-corrected chi connectivity index (χ1v) is 4.23. The van der Waals surface area contributed by atoms with Gasteiger partial charge < -0.3 is 4.74 Å². The predicted molar refractivity (Wildman–Crippen MR) is 60.1 cm³/mol. The van der Waals surface area contributed by atoms with Crippen LogP contribution in [0.15, 0.2) is 60.7 Å². The fourth-order valence-corrected chi connectivity index (χ4v) is 1.11. The Labute approximate surface area is 127 Å². The second kappa shape index (κ2) is 6.38. The van der Waals surface area contributed by atoms with Crippen LogP contribution >= 0.6 is 0 Å². The molecule has 0 bridgehead atoms. The van der Waals surface area contributed by atoms with Crippen LogP contribution in [0.2, 0.25) is 0 Å². The SMILES string of the molecule is [KH].c1ccc(Oc2ccccc2)cc1. The smallest absolute Gasteiger partial charge is 0.127 e. The molecular formula is C12H11KO. The molecule has 2 rings (SSSR count). The van der Waals surface area contributed by atoms with E-state index in [0.717, 1.165) is 11.5 Å². The zero-order valence-electron chi connectivity index (χ0n) is 7.18. The third-order valence-electron chi connectivity index (χ3n) is 1.72. The zero-order chi connectivity index (χ0) is 8.93. The van der Waals surface area contributed by atoms with Gasteiger partial charge in [0.2, 0.25) is 0 Å². The first-order chi connectivity index (χ1) is 6.45. The van der Waals surface area contributed by atoms with Crippen LogP contribution in [0.1, 0.15) is 0 Å². The first kappa shape index (κ1) is 11.9. The van der Waals surface area contributed by atoms with Gasteiger partial charge >= 0.3 is 51.4 Å². The molecule has 0 saturated carbocycles. The van der Waals surface area contributed by atoms with Crippen LogP contribution in [0, 0.1) is 0 Å². The third kappa shape index (κ3) is 3.56. The number of para-hydroxylation sites is 2. The number of benzene rings is 2. The molecule has 0 amide bonds. The topological polar surface area (TPSA) is 9.23 Å². The molecule has 0 aliphatic rings. The van der Waals surface area contributed by atoms with Crippen molar-refractivity contribution in [3.05, 3.63) is 60.7 Å². The minimum Gasteiger partial charge on any atom is -0.457 e. The quantitative estimate of drug-likeness (QED) is 0.693. The summed E-state index contributed by atoms with van der Waals surface area (Å²) >= 11 is 0. The number of ether oxygens (including phenoxy) is 1. The van der Waals surface area contributed by atoms with Crippen molar-refractivity contribution < 1.29 is 4.74 Å². The van der Waals surface area contributed by atoms with Crippen LogP contribution in [0.3, 0.4) is 0 Å². The summed E-state index contributed by atoms with van der Waals surface area (Å²) in [4.78, 5) is 0. The Kier molecular flexibility index (Phi) is 5.44. The second-order valence-corrected chi connectivity index (χ2v) is 2.73. The molecule has 0 aromatic heterocycles. The van der Waals surface area contributed by atoms with Crippen molar-refractivity contribution >= 4 is 51.4 Å². The number of hydrogen-bond acceptors (Lipinski definition) is 1. The summed E-state index contributed by atoms with van der Waals surface area (Å²) in [5, 5.41) is 0. The summed E-state index contributed by atoms with van der Waals surface area (Å²) < 4.78 is 5.58. The Balaban J connectivity index is 0.000000980. The van der Waals surface area contributed by atoms with Crippen molar-refractivity contribution in [2.24, 2.45) is 0 Å². The van der Waals surface area contributed by atoms with Crippen molar-refractivity contribution in [2.75, 3.05) is 0 Å². The summed E-state index contributed by atoms with van der Waals surface area (Å²) in [6.45, 7) is 0. The van der Waals surface area contributed by atoms with Crippen LogP contribution in [0.25, 0.3) is 0 Å². The molecule has 1 nitrogen and oxygen atoms in total. The molecule has 0 unspecified atom stereocenters. The largest absolute Gasteiger partial charge is 0.457 e. The van der Waals surface area contributed by atoms with Crippen LogP contribution in [-0.4, -0.2) is 51.4 Å². The first-order valence-electron chi connectivity index (χ1n) is 4.23. The molecule has 0 N–H and O–H groups in total. The van der Waals surface area contributed by atoms with E-state index in [-0.39, 0.29) is 51.4 Å². The van der Waals surface area contributed by atoms with Crippen LogP contribution < -0.4 is 4.74 Å². The van der Waals surface area contributed by atoms with E-state index < -0.39 is 0 Å². The molecule has 0 aliphatic carbocycles. The van der Waals surface area contributed by atoms with Crippen LogP contribution in [-0.2, 0) is 0 Å². The van der Waals surface area contributed by atoms with E-state index in [1.54, 1.807) is 0 Å². The molecule has 0 aliphatic heterocycles. The second-order valence-electron chi connectivity index (χ2n) is 2.73. The maximum Gasteiger partial charge on any atom is 0.127 e. The van der Waals surface area contributed by atoms with E-state index in [0.29, 0.717) is 0 Å². The normalized spacial score (nSPS) is 8.86. The molecule has 0 radical (unpaired) electrons. The Bertz CT molecular complexity index is 321. The van der Waals surface area contributed by atoms with Gasteiger partial charge in [0.25, 0.3) is 0 Å². The number of hydrogen-bond donors (Lipinski definition) is 0. The van der Waals surface area contributed by atoms with Gasteiger partial charge in [-0.2, -0.15) is 0 Å². The molecule has 0 atom stereocenters. The fourth-order valence-electron chi connectivity index (χ4n) is 1.11. The van der Waals surface area contributed by atoms with Gasteiger partial charge in [0.05, 0.1) is 0 Å². The van der Waals surface area contributed by atoms with Crippen molar-refractivity contribution in [1.29, 1.82) is 0 Å². The van der Waals surface area contributed by atoms with E-state index in [4.69, 9.17) is 4.74 Å². The van der Waals surface area contributed by atoms with Gasteiger partial charge in [0, 0.05) is 0 Å². The molecular weight excluding hydrogens is 199 g/mol. The average Bonchev–Trinajstić information content (AvgIpc) is 2.21. The monoisotopic (exact) mass is 210 g/mol. The molecule has 0 saturated heterocycles. The summed E-state index contributed by atoms with van der Waals surface area (Å²) in [6.07, 6.45) is 0. The summed E-state index contributed by atoms with van der Waals surface area (Å²) in [5.74, 6) is 1.74. The van der Waals surface area contributed by atoms with E-state index in [1.807, 2.05) is 60.7 Å². The van der Waals surface area contributed by atoms with Crippen molar-refractivity contribution in [3.63, 3.8) is 0 Å². The Hall–Kier alpha value is -0.124. The van der Waals surface area contributed by atoms with Crippen LogP contribution in [0.5, 0.6) is 11.5 Å².